The average molecular weight is 695 g/mol. The Labute approximate surface area is 273 Å². The van der Waals surface area contributed by atoms with Gasteiger partial charge < -0.3 is 36.0 Å². The van der Waals surface area contributed by atoms with Crippen molar-refractivity contribution in [2.45, 2.75) is 50.9 Å². The van der Waals surface area contributed by atoms with Crippen molar-refractivity contribution in [2.24, 2.45) is 17.9 Å². The number of β-lactam (4-membered cyclic amide) rings is 1. The average Bonchev–Trinajstić information content (AvgIpc) is 3.60. The van der Waals surface area contributed by atoms with Crippen LogP contribution in [0.4, 0.5) is 5.13 Å². The minimum Gasteiger partial charge on any atom is -0.724 e. The number of nitrogens with one attached hydrogen (secondary N) is 1. The number of aromatic nitrogens is 3. The molecule has 0 aliphatic carbocycles. The summed E-state index contributed by atoms with van der Waals surface area (Å²) in [7, 11) is -3.35. The number of nitrogens with zero attached hydrogens (tertiary/aromatic N) is 5. The number of benzene rings is 1. The first-order valence-electron chi connectivity index (χ1n) is 14.0. The number of nitrogens with two attached hydrogens (primary N) is 2. The van der Waals surface area contributed by atoms with Crippen molar-refractivity contribution in [2.75, 3.05) is 18.9 Å². The molecule has 6 N–H and O–H groups in total. The zero-order valence-electron chi connectivity index (χ0n) is 25.8. The van der Waals surface area contributed by atoms with Crippen LogP contribution < -0.4 is 26.2 Å². The van der Waals surface area contributed by atoms with Gasteiger partial charge in [0.1, 0.15) is 24.1 Å². The van der Waals surface area contributed by atoms with Gasteiger partial charge in [0.25, 0.3) is 17.4 Å². The van der Waals surface area contributed by atoms with Crippen molar-refractivity contribution in [3.05, 3.63) is 47.7 Å². The molecular formula is C27H34N8O10S2. The van der Waals surface area contributed by atoms with Crippen LogP contribution in [0.3, 0.4) is 0 Å². The van der Waals surface area contributed by atoms with Crippen molar-refractivity contribution < 1.29 is 51.0 Å². The number of carbonyl (C=O) groups excluding carboxylic acids is 2. The van der Waals surface area contributed by atoms with Gasteiger partial charge >= 0.3 is 5.97 Å². The van der Waals surface area contributed by atoms with E-state index in [0.29, 0.717) is 17.4 Å². The molecule has 1 aliphatic heterocycles. The first-order chi connectivity index (χ1) is 21.9. The Morgan fingerprint density at radius 2 is 1.96 bits per heavy atom. The van der Waals surface area contributed by atoms with E-state index in [0.717, 1.165) is 35.4 Å². The van der Waals surface area contributed by atoms with Crippen LogP contribution in [0.2, 0.25) is 0 Å². The summed E-state index contributed by atoms with van der Waals surface area (Å²) in [6.45, 7) is 4.66. The summed E-state index contributed by atoms with van der Waals surface area (Å²) in [5.74, 6) is -3.21. The Hall–Kier alpha value is -4.63. The molecule has 2 atom stereocenters. The molecule has 2 aromatic heterocycles. The van der Waals surface area contributed by atoms with Gasteiger partial charge in [-0.2, -0.15) is 14.0 Å². The maximum Gasteiger partial charge on any atom is 0.354 e. The minimum atomic E-state index is -5.27. The molecule has 0 unspecified atom stereocenters. The molecule has 20 heteroatoms. The van der Waals surface area contributed by atoms with E-state index in [-0.39, 0.29) is 10.8 Å². The zero-order valence-corrected chi connectivity index (χ0v) is 27.4. The summed E-state index contributed by atoms with van der Waals surface area (Å²) in [6, 6.07) is 5.59. The second-order valence-electron chi connectivity index (χ2n) is 11.2. The fourth-order valence-corrected chi connectivity index (χ4v) is 5.44. The van der Waals surface area contributed by atoms with E-state index in [1.807, 2.05) is 40.9 Å². The zero-order chi connectivity index (χ0) is 34.7. The molecule has 0 saturated carbocycles. The van der Waals surface area contributed by atoms with E-state index in [2.05, 4.69) is 19.7 Å². The highest BCUT2D eigenvalue weighted by Crippen LogP contribution is 2.33. The number of hydrogen-bond donors (Lipinski definition) is 4. The Balaban J connectivity index is 1.49. The highest BCUT2D eigenvalue weighted by Gasteiger charge is 2.57. The van der Waals surface area contributed by atoms with Crippen LogP contribution in [0, 0.1) is 0 Å². The smallest absolute Gasteiger partial charge is 0.354 e. The number of thiazole rings is 1. The van der Waals surface area contributed by atoms with Gasteiger partial charge in [0.15, 0.2) is 17.9 Å². The Morgan fingerprint density at radius 3 is 2.51 bits per heavy atom. The van der Waals surface area contributed by atoms with Crippen LogP contribution in [0.15, 0.2) is 47.2 Å². The highest BCUT2D eigenvalue weighted by molar-refractivity contribution is 7.80. The molecule has 18 nitrogen and oxygen atoms in total. The third-order valence-corrected chi connectivity index (χ3v) is 8.21. The summed E-state index contributed by atoms with van der Waals surface area (Å²) in [5.41, 5.74) is 8.96. The maximum absolute atomic E-state index is 13.3. The SMILES string of the molecule is C[n+]1cc(-c2ccc(OC[C@](C)(O/N=C(\C(=O)N[C@@H]3C(=O)N(OS(=O)(=O)[O-])C3(C)C)c3csc(N)n3)C(=O)O)cc2)cn1CCCN. The largest absolute Gasteiger partial charge is 0.724 e. The summed E-state index contributed by atoms with van der Waals surface area (Å²) in [4.78, 5) is 47.4. The highest BCUT2D eigenvalue weighted by atomic mass is 32.3. The summed E-state index contributed by atoms with van der Waals surface area (Å²) >= 11 is 0.953. The number of anilines is 1. The number of aliphatic carboxylic acids is 1. The minimum absolute atomic E-state index is 0.0504. The number of carbonyl (C=O) groups is 3. The number of nitrogen functional groups attached to an aromatic ring is 1. The van der Waals surface area contributed by atoms with Crippen molar-refractivity contribution in [1.29, 1.82) is 0 Å². The molecule has 1 aromatic carbocycles. The van der Waals surface area contributed by atoms with Crippen LogP contribution in [0.1, 0.15) is 32.9 Å². The van der Waals surface area contributed by atoms with Gasteiger partial charge in [0, 0.05) is 5.38 Å². The normalized spacial score (nSPS) is 17.5. The third kappa shape index (κ3) is 8.03. The van der Waals surface area contributed by atoms with Crippen LogP contribution in [-0.2, 0) is 47.5 Å². The van der Waals surface area contributed by atoms with E-state index in [9.17, 15) is 32.5 Å². The number of hydrogen-bond acceptors (Lipinski definition) is 14. The molecule has 0 bridgehead atoms. The molecular weight excluding hydrogens is 660 g/mol. The number of amides is 2. The topological polar surface area (TPSA) is 258 Å². The quantitative estimate of drug-likeness (QED) is 0.0391. The molecule has 254 valence electrons. The van der Waals surface area contributed by atoms with Gasteiger partial charge in [0.05, 0.1) is 23.8 Å². The Morgan fingerprint density at radius 1 is 1.28 bits per heavy atom. The van der Waals surface area contributed by atoms with E-state index < -0.39 is 57.7 Å². The summed E-state index contributed by atoms with van der Waals surface area (Å²) < 4.78 is 46.9. The van der Waals surface area contributed by atoms with E-state index in [1.165, 1.54) is 26.2 Å². The number of hydroxylamine groups is 2. The predicted molar refractivity (Wildman–Crippen MR) is 164 cm³/mol. The van der Waals surface area contributed by atoms with E-state index in [4.69, 9.17) is 21.0 Å². The van der Waals surface area contributed by atoms with Gasteiger partial charge in [-0.3, -0.25) is 9.59 Å². The van der Waals surface area contributed by atoms with Crippen LogP contribution in [0.25, 0.3) is 11.1 Å². The molecule has 0 radical (unpaired) electrons. The number of carboxylic acid groups (broad SMARTS) is 1. The molecule has 2 amide bonds. The summed E-state index contributed by atoms with van der Waals surface area (Å²) in [6.07, 6.45) is 4.79. The number of ether oxygens (including phenoxy) is 1. The number of oxime groups is 1. The third-order valence-electron chi connectivity index (χ3n) is 7.20. The lowest BCUT2D eigenvalue weighted by Gasteiger charge is -2.51. The van der Waals surface area contributed by atoms with Gasteiger partial charge in [0.2, 0.25) is 16.6 Å². The van der Waals surface area contributed by atoms with Gasteiger partial charge in [-0.05, 0) is 51.4 Å². The first kappa shape index (κ1) is 35.2. The second kappa shape index (κ2) is 13.6. The van der Waals surface area contributed by atoms with Crippen molar-refractivity contribution in [3.8, 4) is 16.9 Å². The van der Waals surface area contributed by atoms with E-state index in [1.54, 1.807) is 12.1 Å². The van der Waals surface area contributed by atoms with Crippen molar-refractivity contribution >= 4 is 50.4 Å². The van der Waals surface area contributed by atoms with Crippen LogP contribution in [-0.4, -0.2) is 86.6 Å². The predicted octanol–water partition coefficient (Wildman–Crippen LogP) is -0.492. The second-order valence-corrected chi connectivity index (χ2v) is 13.1. The Bertz CT molecular complexity index is 1790. The molecule has 0 spiro atoms. The molecule has 3 heterocycles. The molecule has 4 rings (SSSR count). The number of rotatable bonds is 15. The lowest BCUT2D eigenvalue weighted by Crippen LogP contribution is -2.76. The lowest BCUT2D eigenvalue weighted by molar-refractivity contribution is -0.753. The molecule has 3 aromatic rings. The standard InChI is InChI=1S/C27H34N8O10S2/c1-26(2)21(23(37)35(26)45-47(40,41)42)31-22(36)20(19-14-46-25(29)30-19)32-44-27(3,24(38)39)15-43-18-8-6-16(7-9-18)17-12-33(4)34(13-17)11-5-10-28/h6-9,12-14,21H,5,10-11,15,28H2,1-4H3,(H4-,29,30,31,36,38,39,40,41,42)/b32-20-/t21-,27+/m1/s1. The lowest BCUT2D eigenvalue weighted by atomic mass is 9.84. The maximum atomic E-state index is 13.3. The Kier molecular flexibility index (Phi) is 10.2. The summed E-state index contributed by atoms with van der Waals surface area (Å²) in [5, 5.41) is 17.8. The van der Waals surface area contributed by atoms with Crippen molar-refractivity contribution in [1.82, 2.24) is 20.0 Å². The fourth-order valence-electron chi connectivity index (χ4n) is 4.44. The molecule has 1 saturated heterocycles. The molecule has 1 fully saturated rings. The van der Waals surface area contributed by atoms with Gasteiger partial charge in [-0.15, -0.1) is 16.0 Å². The van der Waals surface area contributed by atoms with E-state index >= 15 is 0 Å². The monoisotopic (exact) mass is 694 g/mol. The van der Waals surface area contributed by atoms with Gasteiger partial charge in [-0.1, -0.05) is 17.3 Å². The molecule has 1 aliphatic rings. The van der Waals surface area contributed by atoms with Crippen molar-refractivity contribution in [3.63, 3.8) is 0 Å². The molecule has 47 heavy (non-hydrogen) atoms. The van der Waals surface area contributed by atoms with Crippen LogP contribution >= 0.6 is 11.3 Å². The van der Waals surface area contributed by atoms with Gasteiger partial charge in [-0.25, -0.2) is 18.2 Å². The number of carboxylic acids is 1. The van der Waals surface area contributed by atoms with Crippen LogP contribution in [0.5, 0.6) is 5.75 Å². The fraction of sp³-hybridized carbons (Fsp3) is 0.407. The first-order valence-corrected chi connectivity index (χ1v) is 16.2. The number of aryl methyl sites for hydroxylation is 2.